The predicted molar refractivity (Wildman–Crippen MR) is 121 cm³/mol. The Morgan fingerprint density at radius 3 is 2.63 bits per heavy atom. The summed E-state index contributed by atoms with van der Waals surface area (Å²) in [7, 11) is 0. The fraction of sp³-hybridized carbons (Fsp3) is 0.360. The second kappa shape index (κ2) is 9.13. The molecule has 0 spiro atoms. The number of nitrogens with zero attached hydrogens (tertiary/aromatic N) is 2. The first-order valence-electron chi connectivity index (χ1n) is 10.5. The molecule has 2 heterocycles. The van der Waals surface area contributed by atoms with Crippen LogP contribution in [0.5, 0.6) is 0 Å². The predicted octanol–water partition coefficient (Wildman–Crippen LogP) is 6.08. The van der Waals surface area contributed by atoms with Crippen molar-refractivity contribution in [1.29, 1.82) is 0 Å². The lowest BCUT2D eigenvalue weighted by molar-refractivity contribution is -0.119. The zero-order chi connectivity index (χ0) is 21.1. The Labute approximate surface area is 181 Å². The molecule has 30 heavy (non-hydrogen) atoms. The van der Waals surface area contributed by atoms with E-state index in [1.165, 1.54) is 6.07 Å². The molecule has 1 atom stereocenters. The van der Waals surface area contributed by atoms with Crippen molar-refractivity contribution < 1.29 is 9.18 Å². The van der Waals surface area contributed by atoms with Crippen molar-refractivity contribution in [3.05, 3.63) is 71.1 Å². The molecule has 4 rings (SSSR count). The van der Waals surface area contributed by atoms with E-state index >= 15 is 0 Å². The summed E-state index contributed by atoms with van der Waals surface area (Å²) in [4.78, 5) is 19.2. The van der Waals surface area contributed by atoms with Crippen LogP contribution in [0, 0.1) is 17.7 Å². The number of carbonyl (C=O) groups is 1. The number of hydrogen-bond acceptors (Lipinski definition) is 3. The van der Waals surface area contributed by atoms with Gasteiger partial charge in [-0.15, -0.1) is 0 Å². The van der Waals surface area contributed by atoms with Gasteiger partial charge in [0, 0.05) is 48.2 Å². The first-order valence-corrected chi connectivity index (χ1v) is 10.9. The number of fused-ring (bicyclic) bond motifs is 1. The fourth-order valence-electron chi connectivity index (χ4n) is 4.52. The molecule has 5 heteroatoms. The van der Waals surface area contributed by atoms with Crippen LogP contribution in [0.4, 0.5) is 10.1 Å². The normalized spacial score (nSPS) is 16.0. The maximum atomic E-state index is 13.8. The number of anilines is 1. The minimum atomic E-state index is -0.237. The Morgan fingerprint density at radius 2 is 1.90 bits per heavy atom. The van der Waals surface area contributed by atoms with Crippen LogP contribution < -0.4 is 4.90 Å². The molecule has 1 saturated heterocycles. The summed E-state index contributed by atoms with van der Waals surface area (Å²) in [6, 6.07) is 14.2. The molecule has 1 aliphatic rings. The highest BCUT2D eigenvalue weighted by Gasteiger charge is 2.26. The molecular weight excluding hydrogens is 399 g/mol. The Balaban J connectivity index is 1.34. The van der Waals surface area contributed by atoms with Crippen LogP contribution in [0.3, 0.4) is 0 Å². The van der Waals surface area contributed by atoms with Crippen molar-refractivity contribution in [3.63, 3.8) is 0 Å². The Kier molecular flexibility index (Phi) is 6.33. The van der Waals surface area contributed by atoms with Gasteiger partial charge in [0.15, 0.2) is 0 Å². The zero-order valence-corrected chi connectivity index (χ0v) is 17.9. The zero-order valence-electron chi connectivity index (χ0n) is 17.2. The number of halogens is 2. The number of carbonyl (C=O) groups excluding carboxylic acids is 1. The summed E-state index contributed by atoms with van der Waals surface area (Å²) in [5.74, 6) is 0.932. The molecule has 1 aliphatic heterocycles. The third kappa shape index (κ3) is 4.81. The van der Waals surface area contributed by atoms with Crippen molar-refractivity contribution in [1.82, 2.24) is 4.98 Å². The van der Waals surface area contributed by atoms with E-state index in [1.807, 2.05) is 30.3 Å². The molecule has 0 aliphatic carbocycles. The van der Waals surface area contributed by atoms with E-state index in [0.29, 0.717) is 29.7 Å². The summed E-state index contributed by atoms with van der Waals surface area (Å²) in [6.45, 7) is 4.02. The Bertz CT molecular complexity index is 1030. The Morgan fingerprint density at radius 1 is 1.17 bits per heavy atom. The van der Waals surface area contributed by atoms with Crippen molar-refractivity contribution >= 4 is 34.0 Å². The van der Waals surface area contributed by atoms with Gasteiger partial charge in [-0.25, -0.2) is 4.39 Å². The number of piperidine rings is 1. The average molecular weight is 425 g/mol. The molecule has 0 amide bonds. The number of Topliss-reactive ketones (excluding diaryl/α,β-unsaturated/α-hetero) is 1. The number of ketones is 1. The minimum absolute atomic E-state index is 0.237. The number of rotatable bonds is 6. The van der Waals surface area contributed by atoms with E-state index in [2.05, 4.69) is 16.8 Å². The molecule has 0 N–H and O–H groups in total. The van der Waals surface area contributed by atoms with Gasteiger partial charge in [-0.05, 0) is 66.6 Å². The van der Waals surface area contributed by atoms with E-state index in [4.69, 9.17) is 11.6 Å². The Hall–Kier alpha value is -2.46. The third-order valence-corrected chi connectivity index (χ3v) is 6.48. The lowest BCUT2D eigenvalue weighted by Gasteiger charge is -2.36. The quantitative estimate of drug-likeness (QED) is 0.480. The van der Waals surface area contributed by atoms with Crippen molar-refractivity contribution in [2.75, 3.05) is 18.0 Å². The van der Waals surface area contributed by atoms with Crippen LogP contribution >= 0.6 is 11.6 Å². The number of aromatic nitrogens is 1. The van der Waals surface area contributed by atoms with E-state index in [1.54, 1.807) is 18.3 Å². The van der Waals surface area contributed by atoms with Crippen molar-refractivity contribution in [3.8, 4) is 0 Å². The number of hydrogen-bond donors (Lipinski definition) is 0. The van der Waals surface area contributed by atoms with Crippen molar-refractivity contribution in [2.45, 2.75) is 32.6 Å². The summed E-state index contributed by atoms with van der Waals surface area (Å²) in [6.07, 6.45) is 4.94. The van der Waals surface area contributed by atoms with Crippen LogP contribution in [0.25, 0.3) is 10.9 Å². The second-order valence-corrected chi connectivity index (χ2v) is 8.78. The van der Waals surface area contributed by atoms with Gasteiger partial charge in [-0.2, -0.15) is 0 Å². The molecule has 0 saturated carbocycles. The monoisotopic (exact) mass is 424 g/mol. The van der Waals surface area contributed by atoms with E-state index < -0.39 is 0 Å². The summed E-state index contributed by atoms with van der Waals surface area (Å²) >= 11 is 5.92. The average Bonchev–Trinajstić information content (AvgIpc) is 2.75. The van der Waals surface area contributed by atoms with Gasteiger partial charge in [0.2, 0.25) is 0 Å². The smallest absolute Gasteiger partial charge is 0.137 e. The van der Waals surface area contributed by atoms with Gasteiger partial charge in [0.05, 0.1) is 5.52 Å². The molecule has 0 radical (unpaired) electrons. The van der Waals surface area contributed by atoms with E-state index in [-0.39, 0.29) is 11.6 Å². The highest BCUT2D eigenvalue weighted by molar-refractivity contribution is 6.30. The standard InChI is InChI=1S/C25H26ClFN2O/c1-17(14-22(30)15-18-2-4-20(26)5-3-18)19-9-12-29(13-10-19)25-8-11-28-24-7-6-21(27)16-23(24)25/h2-8,11,16-17,19H,9-10,12-15H2,1H3. The van der Waals surface area contributed by atoms with E-state index in [9.17, 15) is 9.18 Å². The second-order valence-electron chi connectivity index (χ2n) is 8.34. The van der Waals surface area contributed by atoms with Gasteiger partial charge in [0.25, 0.3) is 0 Å². The van der Waals surface area contributed by atoms with Gasteiger partial charge < -0.3 is 4.90 Å². The molecular formula is C25H26ClFN2O. The van der Waals surface area contributed by atoms with Crippen LogP contribution in [0.15, 0.2) is 54.7 Å². The summed E-state index contributed by atoms with van der Waals surface area (Å²) in [5, 5.41) is 1.55. The highest BCUT2D eigenvalue weighted by atomic mass is 35.5. The molecule has 3 aromatic rings. The number of benzene rings is 2. The molecule has 1 fully saturated rings. The maximum Gasteiger partial charge on any atom is 0.137 e. The maximum absolute atomic E-state index is 13.8. The first kappa shape index (κ1) is 20.8. The van der Waals surface area contributed by atoms with Gasteiger partial charge in [-0.3, -0.25) is 9.78 Å². The largest absolute Gasteiger partial charge is 0.371 e. The topological polar surface area (TPSA) is 33.2 Å². The molecule has 3 nitrogen and oxygen atoms in total. The lowest BCUT2D eigenvalue weighted by atomic mass is 9.82. The lowest BCUT2D eigenvalue weighted by Crippen LogP contribution is -2.36. The first-order chi connectivity index (χ1) is 14.5. The SMILES string of the molecule is CC(CC(=O)Cc1ccc(Cl)cc1)C1CCN(c2ccnc3ccc(F)cc23)CC1. The van der Waals surface area contributed by atoms with E-state index in [0.717, 1.165) is 48.1 Å². The molecule has 1 unspecified atom stereocenters. The number of pyridine rings is 1. The van der Waals surface area contributed by atoms with Crippen molar-refractivity contribution in [2.24, 2.45) is 11.8 Å². The van der Waals surface area contributed by atoms with Crippen LogP contribution in [-0.4, -0.2) is 23.9 Å². The summed E-state index contributed by atoms with van der Waals surface area (Å²) < 4.78 is 13.8. The van der Waals surface area contributed by atoms with Gasteiger partial charge in [-0.1, -0.05) is 30.7 Å². The summed E-state index contributed by atoms with van der Waals surface area (Å²) in [5.41, 5.74) is 2.88. The molecule has 2 aromatic carbocycles. The highest BCUT2D eigenvalue weighted by Crippen LogP contribution is 2.33. The minimum Gasteiger partial charge on any atom is -0.371 e. The van der Waals surface area contributed by atoms with Gasteiger partial charge >= 0.3 is 0 Å². The molecule has 156 valence electrons. The van der Waals surface area contributed by atoms with Gasteiger partial charge in [0.1, 0.15) is 11.6 Å². The van der Waals surface area contributed by atoms with Crippen LogP contribution in [0.2, 0.25) is 5.02 Å². The molecule has 0 bridgehead atoms. The third-order valence-electron chi connectivity index (χ3n) is 6.23. The van der Waals surface area contributed by atoms with Crippen LogP contribution in [0.1, 0.15) is 31.7 Å². The van der Waals surface area contributed by atoms with Crippen LogP contribution in [-0.2, 0) is 11.2 Å². The molecule has 1 aromatic heterocycles. The fourth-order valence-corrected chi connectivity index (χ4v) is 4.64.